The highest BCUT2D eigenvalue weighted by Crippen LogP contribution is 2.37. The molecule has 1 nitrogen and oxygen atoms in total. The molecule has 0 N–H and O–H groups in total. The summed E-state index contributed by atoms with van der Waals surface area (Å²) in [5.74, 6) is 2.22. The topological polar surface area (TPSA) is 9.23 Å². The van der Waals surface area contributed by atoms with Crippen molar-refractivity contribution in [3.05, 3.63) is 29.3 Å². The van der Waals surface area contributed by atoms with E-state index < -0.39 is 0 Å². The molecule has 1 saturated carbocycles. The molecule has 0 atom stereocenters. The second-order valence-corrected chi connectivity index (χ2v) is 5.39. The minimum Gasteiger partial charge on any atom is -0.490 e. The van der Waals surface area contributed by atoms with Crippen LogP contribution in [0.25, 0.3) is 0 Å². The van der Waals surface area contributed by atoms with Crippen molar-refractivity contribution in [3.8, 4) is 5.75 Å². The molecule has 2 rings (SSSR count). The Labute approximate surface area is 98.8 Å². The van der Waals surface area contributed by atoms with Gasteiger partial charge in [0, 0.05) is 5.56 Å². The Morgan fingerprint density at radius 2 is 1.75 bits per heavy atom. The van der Waals surface area contributed by atoms with Crippen molar-refractivity contribution in [1.29, 1.82) is 0 Å². The van der Waals surface area contributed by atoms with Gasteiger partial charge in [0.1, 0.15) is 5.75 Å². The van der Waals surface area contributed by atoms with Crippen molar-refractivity contribution in [3.63, 3.8) is 0 Å². The van der Waals surface area contributed by atoms with Gasteiger partial charge in [0.15, 0.2) is 0 Å². The summed E-state index contributed by atoms with van der Waals surface area (Å²) in [5, 5.41) is 0. The van der Waals surface area contributed by atoms with E-state index >= 15 is 0 Å². The van der Waals surface area contributed by atoms with E-state index in [2.05, 4.69) is 45.9 Å². The minimum atomic E-state index is 0.486. The number of hydrogen-bond acceptors (Lipinski definition) is 1. The van der Waals surface area contributed by atoms with E-state index in [0.29, 0.717) is 17.9 Å². The molecule has 1 aliphatic rings. The number of hydrogen-bond donors (Lipinski definition) is 0. The Bertz CT molecular complexity index is 362. The monoisotopic (exact) mass is 218 g/mol. The van der Waals surface area contributed by atoms with Gasteiger partial charge in [0.05, 0.1) is 6.10 Å². The van der Waals surface area contributed by atoms with Crippen molar-refractivity contribution in [2.45, 2.75) is 58.5 Å². The second kappa shape index (κ2) is 4.48. The van der Waals surface area contributed by atoms with E-state index in [0.717, 1.165) is 5.75 Å². The highest BCUT2D eigenvalue weighted by molar-refractivity contribution is 5.44. The van der Waals surface area contributed by atoms with Crippen LogP contribution < -0.4 is 4.74 Å². The molecule has 88 valence electrons. The minimum absolute atomic E-state index is 0.486. The van der Waals surface area contributed by atoms with E-state index in [4.69, 9.17) is 4.74 Å². The maximum atomic E-state index is 6.01. The first-order valence-corrected chi connectivity index (χ1v) is 6.39. The molecule has 0 amide bonds. The van der Waals surface area contributed by atoms with Crippen LogP contribution in [0.3, 0.4) is 0 Å². The standard InChI is InChI=1S/C15H22O/c1-10(2)13-6-5-7-14(15(13)11(3)4)16-12-8-9-12/h5-7,10-12H,8-9H2,1-4H3. The Morgan fingerprint density at radius 3 is 2.25 bits per heavy atom. The Balaban J connectivity index is 2.37. The fourth-order valence-electron chi connectivity index (χ4n) is 2.15. The summed E-state index contributed by atoms with van der Waals surface area (Å²) in [6.45, 7) is 9.01. The van der Waals surface area contributed by atoms with Crippen LogP contribution in [0.4, 0.5) is 0 Å². The average Bonchev–Trinajstić information content (AvgIpc) is 3.00. The number of ether oxygens (including phenoxy) is 1. The Morgan fingerprint density at radius 1 is 1.06 bits per heavy atom. The van der Waals surface area contributed by atoms with Crippen molar-refractivity contribution >= 4 is 0 Å². The summed E-state index contributed by atoms with van der Waals surface area (Å²) < 4.78 is 6.01. The molecule has 0 heterocycles. The van der Waals surface area contributed by atoms with E-state index in [-0.39, 0.29) is 0 Å². The van der Waals surface area contributed by atoms with Crippen molar-refractivity contribution < 1.29 is 4.74 Å². The first kappa shape index (κ1) is 11.5. The van der Waals surface area contributed by atoms with E-state index in [1.807, 2.05) is 0 Å². The molecule has 0 aromatic heterocycles. The summed E-state index contributed by atoms with van der Waals surface area (Å²) in [7, 11) is 0. The van der Waals surface area contributed by atoms with Gasteiger partial charge in [-0.05, 0) is 36.3 Å². The van der Waals surface area contributed by atoms with Crippen LogP contribution in [-0.4, -0.2) is 6.10 Å². The van der Waals surface area contributed by atoms with Crippen LogP contribution in [0.15, 0.2) is 18.2 Å². The molecule has 0 bridgehead atoms. The third-order valence-electron chi connectivity index (χ3n) is 3.12. The molecule has 1 aliphatic carbocycles. The molecular formula is C15H22O. The molecule has 0 aliphatic heterocycles. The lowest BCUT2D eigenvalue weighted by atomic mass is 9.90. The fourth-order valence-corrected chi connectivity index (χ4v) is 2.15. The van der Waals surface area contributed by atoms with Gasteiger partial charge in [-0.15, -0.1) is 0 Å². The van der Waals surface area contributed by atoms with E-state index in [9.17, 15) is 0 Å². The predicted molar refractivity (Wildman–Crippen MR) is 68.3 cm³/mol. The zero-order chi connectivity index (χ0) is 11.7. The molecule has 1 fully saturated rings. The van der Waals surface area contributed by atoms with Gasteiger partial charge in [-0.2, -0.15) is 0 Å². The first-order chi connectivity index (χ1) is 7.59. The third kappa shape index (κ3) is 2.40. The largest absolute Gasteiger partial charge is 0.490 e. The van der Waals surface area contributed by atoms with Gasteiger partial charge >= 0.3 is 0 Å². The smallest absolute Gasteiger partial charge is 0.123 e. The van der Waals surface area contributed by atoms with Crippen LogP contribution >= 0.6 is 0 Å². The van der Waals surface area contributed by atoms with Gasteiger partial charge in [0.2, 0.25) is 0 Å². The predicted octanol–water partition coefficient (Wildman–Crippen LogP) is 4.47. The molecule has 0 radical (unpaired) electrons. The fraction of sp³-hybridized carbons (Fsp3) is 0.600. The maximum Gasteiger partial charge on any atom is 0.123 e. The Kier molecular flexibility index (Phi) is 3.22. The summed E-state index contributed by atoms with van der Waals surface area (Å²) in [4.78, 5) is 0. The van der Waals surface area contributed by atoms with Crippen LogP contribution in [0.2, 0.25) is 0 Å². The van der Waals surface area contributed by atoms with E-state index in [1.54, 1.807) is 0 Å². The SMILES string of the molecule is CC(C)c1cccc(OC2CC2)c1C(C)C. The van der Waals surface area contributed by atoms with Crippen LogP contribution in [-0.2, 0) is 0 Å². The highest BCUT2D eigenvalue weighted by atomic mass is 16.5. The second-order valence-electron chi connectivity index (χ2n) is 5.39. The summed E-state index contributed by atoms with van der Waals surface area (Å²) in [6.07, 6.45) is 2.94. The highest BCUT2D eigenvalue weighted by Gasteiger charge is 2.25. The van der Waals surface area contributed by atoms with Crippen molar-refractivity contribution in [1.82, 2.24) is 0 Å². The lowest BCUT2D eigenvalue weighted by molar-refractivity contribution is 0.298. The van der Waals surface area contributed by atoms with Crippen LogP contribution in [0.5, 0.6) is 5.75 Å². The molecular weight excluding hydrogens is 196 g/mol. The third-order valence-corrected chi connectivity index (χ3v) is 3.12. The van der Waals surface area contributed by atoms with Crippen LogP contribution in [0.1, 0.15) is 63.5 Å². The average molecular weight is 218 g/mol. The summed E-state index contributed by atoms with van der Waals surface area (Å²) in [5.41, 5.74) is 2.84. The first-order valence-electron chi connectivity index (χ1n) is 6.39. The lowest BCUT2D eigenvalue weighted by Gasteiger charge is -2.20. The zero-order valence-electron chi connectivity index (χ0n) is 10.8. The molecule has 0 saturated heterocycles. The van der Waals surface area contributed by atoms with Gasteiger partial charge in [-0.3, -0.25) is 0 Å². The van der Waals surface area contributed by atoms with Crippen LogP contribution in [0, 0.1) is 0 Å². The van der Waals surface area contributed by atoms with E-state index in [1.165, 1.54) is 24.0 Å². The maximum absolute atomic E-state index is 6.01. The molecule has 0 spiro atoms. The summed E-state index contributed by atoms with van der Waals surface area (Å²) >= 11 is 0. The number of benzene rings is 1. The Hall–Kier alpha value is -0.980. The van der Waals surface area contributed by atoms with Crippen molar-refractivity contribution in [2.75, 3.05) is 0 Å². The molecule has 1 aromatic carbocycles. The van der Waals surface area contributed by atoms with Gasteiger partial charge in [-0.1, -0.05) is 39.8 Å². The molecule has 0 unspecified atom stereocenters. The van der Waals surface area contributed by atoms with Crippen molar-refractivity contribution in [2.24, 2.45) is 0 Å². The molecule has 16 heavy (non-hydrogen) atoms. The zero-order valence-corrected chi connectivity index (χ0v) is 10.8. The quantitative estimate of drug-likeness (QED) is 0.724. The number of rotatable bonds is 4. The summed E-state index contributed by atoms with van der Waals surface area (Å²) in [6, 6.07) is 6.48. The van der Waals surface area contributed by atoms with Gasteiger partial charge in [0.25, 0.3) is 0 Å². The normalized spacial score (nSPS) is 15.9. The molecule has 1 heteroatoms. The lowest BCUT2D eigenvalue weighted by Crippen LogP contribution is -2.05. The molecule has 1 aromatic rings. The van der Waals surface area contributed by atoms with Gasteiger partial charge < -0.3 is 4.74 Å². The van der Waals surface area contributed by atoms with Gasteiger partial charge in [-0.25, -0.2) is 0 Å².